The van der Waals surface area contributed by atoms with Gasteiger partial charge in [0.25, 0.3) is 0 Å². The second-order valence-electron chi connectivity index (χ2n) is 7.31. The van der Waals surface area contributed by atoms with Crippen molar-refractivity contribution in [2.75, 3.05) is 19.0 Å². The van der Waals surface area contributed by atoms with E-state index in [1.807, 2.05) is 24.3 Å². The van der Waals surface area contributed by atoms with Crippen LogP contribution in [0.2, 0.25) is 0 Å². The molecule has 0 aliphatic heterocycles. The minimum absolute atomic E-state index is 0.0175. The van der Waals surface area contributed by atoms with E-state index in [1.165, 1.54) is 24.0 Å². The van der Waals surface area contributed by atoms with E-state index in [0.717, 1.165) is 18.0 Å². The summed E-state index contributed by atoms with van der Waals surface area (Å²) in [5, 5.41) is 2.98. The minimum atomic E-state index is 0.0175. The highest BCUT2D eigenvalue weighted by atomic mass is 16.5. The molecule has 4 nitrogen and oxygen atoms in total. The zero-order valence-corrected chi connectivity index (χ0v) is 15.9. The topological polar surface area (TPSA) is 41.6 Å². The highest BCUT2D eigenvalue weighted by Gasteiger charge is 2.30. The second-order valence-corrected chi connectivity index (χ2v) is 7.31. The zero-order chi connectivity index (χ0) is 18.5. The fourth-order valence-corrected chi connectivity index (χ4v) is 3.08. The number of carbonyl (C=O) groups is 1. The summed E-state index contributed by atoms with van der Waals surface area (Å²) in [6.07, 6.45) is 2.35. The number of amides is 1. The summed E-state index contributed by atoms with van der Waals surface area (Å²) >= 11 is 0. The summed E-state index contributed by atoms with van der Waals surface area (Å²) in [7, 11) is 1.63. The molecule has 0 aromatic heterocycles. The maximum Gasteiger partial charge on any atom is 0.238 e. The van der Waals surface area contributed by atoms with E-state index in [-0.39, 0.29) is 5.91 Å². The predicted molar refractivity (Wildman–Crippen MR) is 106 cm³/mol. The van der Waals surface area contributed by atoms with Gasteiger partial charge in [-0.1, -0.05) is 44.2 Å². The molecule has 0 saturated heterocycles. The third-order valence-electron chi connectivity index (χ3n) is 4.80. The van der Waals surface area contributed by atoms with Crippen LogP contribution in [0.5, 0.6) is 5.75 Å². The molecule has 1 amide bonds. The number of anilines is 1. The van der Waals surface area contributed by atoms with Gasteiger partial charge < -0.3 is 10.1 Å². The number of ether oxygens (including phenoxy) is 1. The van der Waals surface area contributed by atoms with Gasteiger partial charge >= 0.3 is 0 Å². The number of nitrogens with one attached hydrogen (secondary N) is 1. The van der Waals surface area contributed by atoms with Gasteiger partial charge in [0.15, 0.2) is 0 Å². The molecule has 2 aromatic carbocycles. The quantitative estimate of drug-likeness (QED) is 0.764. The molecule has 1 aliphatic carbocycles. The highest BCUT2D eigenvalue weighted by molar-refractivity contribution is 5.92. The maximum absolute atomic E-state index is 12.5. The van der Waals surface area contributed by atoms with E-state index >= 15 is 0 Å². The number of nitrogens with zero attached hydrogens (tertiary/aromatic N) is 1. The number of methoxy groups -OCH3 is 1. The van der Waals surface area contributed by atoms with Gasteiger partial charge in [-0.3, -0.25) is 9.69 Å². The molecule has 3 rings (SSSR count). The smallest absolute Gasteiger partial charge is 0.238 e. The lowest BCUT2D eigenvalue weighted by atomic mass is 10.0. The molecule has 0 radical (unpaired) electrons. The summed E-state index contributed by atoms with van der Waals surface area (Å²) in [6.45, 7) is 5.63. The molecule has 0 bridgehead atoms. The maximum atomic E-state index is 12.5. The normalized spacial score (nSPS) is 13.9. The number of hydrogen-bond donors (Lipinski definition) is 1. The van der Waals surface area contributed by atoms with Crippen LogP contribution in [0.25, 0.3) is 0 Å². The van der Waals surface area contributed by atoms with Gasteiger partial charge in [-0.05, 0) is 42.0 Å². The molecule has 4 heteroatoms. The SMILES string of the molecule is COc1cccc(NC(=O)CN(Cc2ccc(C(C)C)cc2)C2CC2)c1. The van der Waals surface area contributed by atoms with Crippen LogP contribution in [-0.4, -0.2) is 30.5 Å². The Hall–Kier alpha value is -2.33. The van der Waals surface area contributed by atoms with E-state index in [1.54, 1.807) is 7.11 Å². The van der Waals surface area contributed by atoms with Gasteiger partial charge in [0.05, 0.1) is 13.7 Å². The van der Waals surface area contributed by atoms with Crippen molar-refractivity contribution < 1.29 is 9.53 Å². The standard InChI is InChI=1S/C22H28N2O2/c1-16(2)18-9-7-17(8-10-18)14-24(20-11-12-20)15-22(25)23-19-5-4-6-21(13-19)26-3/h4-10,13,16,20H,11-12,14-15H2,1-3H3,(H,23,25). The van der Waals surface area contributed by atoms with Crippen LogP contribution in [0.4, 0.5) is 5.69 Å². The average molecular weight is 352 g/mol. The Bertz CT molecular complexity index is 736. The lowest BCUT2D eigenvalue weighted by Gasteiger charge is -2.22. The Kier molecular flexibility index (Phi) is 5.94. The first-order valence-corrected chi connectivity index (χ1v) is 9.32. The van der Waals surface area contributed by atoms with Crippen LogP contribution in [0, 0.1) is 0 Å². The van der Waals surface area contributed by atoms with Gasteiger partial charge in [0, 0.05) is 24.3 Å². The monoisotopic (exact) mass is 352 g/mol. The molecule has 0 atom stereocenters. The van der Waals surface area contributed by atoms with Crippen molar-refractivity contribution in [2.45, 2.75) is 45.2 Å². The summed E-state index contributed by atoms with van der Waals surface area (Å²) in [5.74, 6) is 1.30. The van der Waals surface area contributed by atoms with Crippen molar-refractivity contribution in [3.63, 3.8) is 0 Å². The third kappa shape index (κ3) is 5.09. The lowest BCUT2D eigenvalue weighted by molar-refractivity contribution is -0.117. The Morgan fingerprint density at radius 2 is 1.92 bits per heavy atom. The molecule has 1 fully saturated rings. The summed E-state index contributed by atoms with van der Waals surface area (Å²) in [4.78, 5) is 14.8. The Labute approximate surface area is 156 Å². The molecular formula is C22H28N2O2. The minimum Gasteiger partial charge on any atom is -0.497 e. The first-order valence-electron chi connectivity index (χ1n) is 9.32. The van der Waals surface area contributed by atoms with Crippen molar-refractivity contribution in [3.05, 3.63) is 59.7 Å². The van der Waals surface area contributed by atoms with Crippen LogP contribution >= 0.6 is 0 Å². The van der Waals surface area contributed by atoms with E-state index in [0.29, 0.717) is 18.5 Å². The van der Waals surface area contributed by atoms with Crippen molar-refractivity contribution in [2.24, 2.45) is 0 Å². The van der Waals surface area contributed by atoms with Crippen molar-refractivity contribution in [1.29, 1.82) is 0 Å². The van der Waals surface area contributed by atoms with Gasteiger partial charge in [0.2, 0.25) is 5.91 Å². The molecule has 0 heterocycles. The van der Waals surface area contributed by atoms with Crippen LogP contribution < -0.4 is 10.1 Å². The molecule has 2 aromatic rings. The van der Waals surface area contributed by atoms with Crippen molar-refractivity contribution in [1.82, 2.24) is 4.90 Å². The highest BCUT2D eigenvalue weighted by Crippen LogP contribution is 2.28. The van der Waals surface area contributed by atoms with Crippen LogP contribution in [0.15, 0.2) is 48.5 Å². The molecular weight excluding hydrogens is 324 g/mol. The summed E-state index contributed by atoms with van der Waals surface area (Å²) < 4.78 is 5.21. The van der Waals surface area contributed by atoms with Gasteiger partial charge in [-0.15, -0.1) is 0 Å². The van der Waals surface area contributed by atoms with E-state index < -0.39 is 0 Å². The number of rotatable bonds is 8. The fraction of sp³-hybridized carbons (Fsp3) is 0.409. The first kappa shape index (κ1) is 18.5. The number of carbonyl (C=O) groups excluding carboxylic acids is 1. The summed E-state index contributed by atoms with van der Waals surface area (Å²) in [5.41, 5.74) is 3.38. The van der Waals surface area contributed by atoms with Crippen molar-refractivity contribution in [3.8, 4) is 5.75 Å². The molecule has 1 aliphatic rings. The predicted octanol–water partition coefficient (Wildman–Crippen LogP) is 4.42. The van der Waals surface area contributed by atoms with Crippen molar-refractivity contribution >= 4 is 11.6 Å². The fourth-order valence-electron chi connectivity index (χ4n) is 3.08. The second kappa shape index (κ2) is 8.37. The van der Waals surface area contributed by atoms with E-state index in [2.05, 4.69) is 48.3 Å². The average Bonchev–Trinajstić information content (AvgIpc) is 3.47. The van der Waals surface area contributed by atoms with Crippen LogP contribution in [0.1, 0.15) is 43.7 Å². The van der Waals surface area contributed by atoms with Crippen LogP contribution in [-0.2, 0) is 11.3 Å². The molecule has 0 spiro atoms. The summed E-state index contributed by atoms with van der Waals surface area (Å²) in [6, 6.07) is 16.8. The molecule has 0 unspecified atom stereocenters. The van der Waals surface area contributed by atoms with Gasteiger partial charge in [-0.2, -0.15) is 0 Å². The third-order valence-corrected chi connectivity index (χ3v) is 4.80. The lowest BCUT2D eigenvalue weighted by Crippen LogP contribution is -2.34. The van der Waals surface area contributed by atoms with E-state index in [9.17, 15) is 4.79 Å². The number of hydrogen-bond acceptors (Lipinski definition) is 3. The first-order chi connectivity index (χ1) is 12.5. The molecule has 1 N–H and O–H groups in total. The zero-order valence-electron chi connectivity index (χ0n) is 15.9. The number of benzene rings is 2. The molecule has 1 saturated carbocycles. The molecule has 26 heavy (non-hydrogen) atoms. The Balaban J connectivity index is 1.60. The largest absolute Gasteiger partial charge is 0.497 e. The Morgan fingerprint density at radius 3 is 2.54 bits per heavy atom. The van der Waals surface area contributed by atoms with Crippen LogP contribution in [0.3, 0.4) is 0 Å². The Morgan fingerprint density at radius 1 is 1.19 bits per heavy atom. The van der Waals surface area contributed by atoms with Gasteiger partial charge in [-0.25, -0.2) is 0 Å². The van der Waals surface area contributed by atoms with E-state index in [4.69, 9.17) is 4.74 Å². The molecule has 138 valence electrons. The van der Waals surface area contributed by atoms with Gasteiger partial charge in [0.1, 0.15) is 5.75 Å².